The summed E-state index contributed by atoms with van der Waals surface area (Å²) in [5.74, 6) is 0.762. The Kier molecular flexibility index (Phi) is 7.46. The number of likely N-dealkylation sites (tertiary alicyclic amines) is 1. The first-order valence-corrected chi connectivity index (χ1v) is 12.9. The largest absolute Gasteiger partial charge is 0.365 e. The molecule has 194 valence electrons. The number of allylic oxidation sites excluding steroid dienone is 1. The Balaban J connectivity index is 1.19. The maximum atomic E-state index is 14.5. The molecule has 2 aromatic heterocycles. The van der Waals surface area contributed by atoms with Gasteiger partial charge in [0.1, 0.15) is 17.5 Å². The molecule has 3 aliphatic rings. The Morgan fingerprint density at radius 1 is 1.16 bits per heavy atom. The lowest BCUT2D eigenvalue weighted by Crippen LogP contribution is -2.44. The molecular formula is C26H32FN9O. The number of piperazine rings is 1. The van der Waals surface area contributed by atoms with Gasteiger partial charge in [-0.25, -0.2) is 14.4 Å². The molecule has 2 aliphatic heterocycles. The highest BCUT2D eigenvalue weighted by Crippen LogP contribution is 2.32. The Labute approximate surface area is 216 Å². The summed E-state index contributed by atoms with van der Waals surface area (Å²) < 4.78 is 14.5. The number of pyridine rings is 1. The number of anilines is 4. The van der Waals surface area contributed by atoms with E-state index in [1.54, 1.807) is 17.2 Å². The van der Waals surface area contributed by atoms with Crippen molar-refractivity contribution in [1.82, 2.24) is 24.8 Å². The highest BCUT2D eigenvalue weighted by molar-refractivity contribution is 5.97. The topological polar surface area (TPSA) is 113 Å². The molecule has 1 aliphatic carbocycles. The zero-order valence-corrected chi connectivity index (χ0v) is 21.0. The van der Waals surface area contributed by atoms with Gasteiger partial charge in [-0.2, -0.15) is 10.2 Å². The minimum absolute atomic E-state index is 0.0628. The second kappa shape index (κ2) is 11.1. The predicted molar refractivity (Wildman–Crippen MR) is 139 cm³/mol. The molecule has 5 rings (SSSR count). The van der Waals surface area contributed by atoms with Crippen LogP contribution in [-0.2, 0) is 4.79 Å². The van der Waals surface area contributed by atoms with E-state index in [0.717, 1.165) is 63.9 Å². The normalized spacial score (nSPS) is 20.6. The molecule has 0 spiro atoms. The molecule has 4 heterocycles. The highest BCUT2D eigenvalue weighted by Gasteiger charge is 2.32. The number of nitriles is 1. The summed E-state index contributed by atoms with van der Waals surface area (Å²) in [5, 5.41) is 15.6. The number of amides is 1. The van der Waals surface area contributed by atoms with Crippen molar-refractivity contribution >= 4 is 29.2 Å². The quantitative estimate of drug-likeness (QED) is 0.413. The summed E-state index contributed by atoms with van der Waals surface area (Å²) in [6.07, 6.45) is 8.32. The van der Waals surface area contributed by atoms with Crippen LogP contribution in [0, 0.1) is 23.1 Å². The van der Waals surface area contributed by atoms with Crippen molar-refractivity contribution in [2.24, 2.45) is 5.92 Å². The zero-order valence-electron chi connectivity index (χ0n) is 21.0. The van der Waals surface area contributed by atoms with Crippen molar-refractivity contribution in [3.8, 4) is 6.07 Å². The van der Waals surface area contributed by atoms with E-state index in [1.165, 1.54) is 0 Å². The number of halogens is 1. The molecule has 1 saturated carbocycles. The monoisotopic (exact) mass is 505 g/mol. The van der Waals surface area contributed by atoms with Crippen LogP contribution in [0.5, 0.6) is 0 Å². The number of hydrogen-bond donors (Lipinski definition) is 2. The zero-order chi connectivity index (χ0) is 25.8. The van der Waals surface area contributed by atoms with E-state index in [4.69, 9.17) is 0 Å². The van der Waals surface area contributed by atoms with E-state index >= 15 is 0 Å². The lowest BCUT2D eigenvalue weighted by molar-refractivity contribution is -0.127. The molecule has 37 heavy (non-hydrogen) atoms. The van der Waals surface area contributed by atoms with Crippen LogP contribution in [-0.4, -0.2) is 83.0 Å². The summed E-state index contributed by atoms with van der Waals surface area (Å²) >= 11 is 0. The third kappa shape index (κ3) is 6.14. The van der Waals surface area contributed by atoms with Gasteiger partial charge in [0, 0.05) is 45.3 Å². The number of likely N-dealkylation sites (N-methyl/N-ethyl adjacent to an activating group) is 1. The van der Waals surface area contributed by atoms with E-state index in [9.17, 15) is 14.4 Å². The molecule has 2 N–H and O–H groups in total. The number of nitrogens with zero attached hydrogens (tertiary/aromatic N) is 7. The van der Waals surface area contributed by atoms with Gasteiger partial charge in [0.05, 0.1) is 18.1 Å². The first-order valence-electron chi connectivity index (χ1n) is 12.9. The Hall–Kier alpha value is -3.78. The fraction of sp³-hybridized carbons (Fsp3) is 0.500. The summed E-state index contributed by atoms with van der Waals surface area (Å²) in [5.41, 5.74) is 0.913. The number of aromatic nitrogens is 3. The van der Waals surface area contributed by atoms with Gasteiger partial charge in [-0.1, -0.05) is 6.08 Å². The Morgan fingerprint density at radius 3 is 2.68 bits per heavy atom. The van der Waals surface area contributed by atoms with Gasteiger partial charge < -0.3 is 25.3 Å². The van der Waals surface area contributed by atoms with Gasteiger partial charge in [-0.15, -0.1) is 0 Å². The molecule has 0 radical (unpaired) electrons. The first kappa shape index (κ1) is 24.9. The summed E-state index contributed by atoms with van der Waals surface area (Å²) in [6.45, 7) is 4.80. The highest BCUT2D eigenvalue weighted by atomic mass is 19.1. The second-order valence-corrected chi connectivity index (χ2v) is 9.92. The van der Waals surface area contributed by atoms with Gasteiger partial charge in [0.15, 0.2) is 11.6 Å². The van der Waals surface area contributed by atoms with Crippen LogP contribution in [0.1, 0.15) is 25.7 Å². The standard InChI is InChI=1S/C26H32FN9O/c1-34-9-11-35(12-10-34)23-7-6-20(15-29-23)32-26-31-17-22(27)24(33-26)30-16-21-3-2-8-36(21)25(37)19(14-28)13-18-4-5-18/h6-7,13,15,17-18,21H,2-5,8-12,16H2,1H3,(H2,30,31,32,33). The minimum atomic E-state index is -0.573. The fourth-order valence-electron chi connectivity index (χ4n) is 4.70. The van der Waals surface area contributed by atoms with Gasteiger partial charge in [-0.3, -0.25) is 4.79 Å². The van der Waals surface area contributed by atoms with Crippen molar-refractivity contribution in [2.45, 2.75) is 31.7 Å². The SMILES string of the molecule is CN1CCN(c2ccc(Nc3ncc(F)c(NCC4CCCN4C(=O)C(C#N)=CC4CC4)n3)cn2)CC1. The number of hydrogen-bond acceptors (Lipinski definition) is 9. The average molecular weight is 506 g/mol. The number of carbonyl (C=O) groups excluding carboxylic acids is 1. The lowest BCUT2D eigenvalue weighted by atomic mass is 10.1. The van der Waals surface area contributed by atoms with Crippen LogP contribution in [0.3, 0.4) is 0 Å². The number of carbonyl (C=O) groups is 1. The van der Waals surface area contributed by atoms with Gasteiger partial charge in [0.2, 0.25) is 5.95 Å². The third-order valence-corrected chi connectivity index (χ3v) is 7.09. The Bertz CT molecular complexity index is 1180. The number of rotatable bonds is 8. The van der Waals surface area contributed by atoms with E-state index in [1.807, 2.05) is 12.1 Å². The molecule has 1 unspecified atom stereocenters. The second-order valence-electron chi connectivity index (χ2n) is 9.92. The Morgan fingerprint density at radius 2 is 1.97 bits per heavy atom. The smallest absolute Gasteiger partial charge is 0.264 e. The minimum Gasteiger partial charge on any atom is -0.365 e. The van der Waals surface area contributed by atoms with Gasteiger partial charge >= 0.3 is 0 Å². The van der Waals surface area contributed by atoms with E-state index in [2.05, 4.69) is 48.5 Å². The lowest BCUT2D eigenvalue weighted by Gasteiger charge is -2.33. The molecule has 0 bridgehead atoms. The third-order valence-electron chi connectivity index (χ3n) is 7.09. The van der Waals surface area contributed by atoms with Crippen LogP contribution < -0.4 is 15.5 Å². The van der Waals surface area contributed by atoms with Crippen molar-refractivity contribution in [1.29, 1.82) is 5.26 Å². The maximum Gasteiger partial charge on any atom is 0.264 e. The average Bonchev–Trinajstić information content (AvgIpc) is 3.62. The van der Waals surface area contributed by atoms with Crippen molar-refractivity contribution in [2.75, 3.05) is 61.8 Å². The molecule has 11 heteroatoms. The van der Waals surface area contributed by atoms with Gasteiger partial charge in [0.25, 0.3) is 5.91 Å². The van der Waals surface area contributed by atoms with Crippen LogP contribution in [0.25, 0.3) is 0 Å². The van der Waals surface area contributed by atoms with Crippen LogP contribution >= 0.6 is 0 Å². The molecule has 2 aromatic rings. The van der Waals surface area contributed by atoms with E-state index in [-0.39, 0.29) is 29.3 Å². The summed E-state index contributed by atoms with van der Waals surface area (Å²) in [6, 6.07) is 5.78. The van der Waals surface area contributed by atoms with Gasteiger partial charge in [-0.05, 0) is 50.8 Å². The molecule has 2 saturated heterocycles. The molecule has 1 amide bonds. The van der Waals surface area contributed by atoms with E-state index in [0.29, 0.717) is 24.7 Å². The predicted octanol–water partition coefficient (Wildman–Crippen LogP) is 2.77. The van der Waals surface area contributed by atoms with Crippen LogP contribution in [0.15, 0.2) is 36.2 Å². The molecule has 3 fully saturated rings. The molecule has 1 atom stereocenters. The fourth-order valence-corrected chi connectivity index (χ4v) is 4.70. The number of nitrogens with one attached hydrogen (secondary N) is 2. The van der Waals surface area contributed by atoms with Crippen molar-refractivity contribution < 1.29 is 9.18 Å². The first-order chi connectivity index (χ1) is 18.0. The van der Waals surface area contributed by atoms with Crippen molar-refractivity contribution in [3.05, 3.63) is 42.0 Å². The van der Waals surface area contributed by atoms with Crippen LogP contribution in [0.2, 0.25) is 0 Å². The molecule has 0 aromatic carbocycles. The van der Waals surface area contributed by atoms with E-state index < -0.39 is 5.82 Å². The molecular weight excluding hydrogens is 473 g/mol. The maximum absolute atomic E-state index is 14.5. The summed E-state index contributed by atoms with van der Waals surface area (Å²) in [7, 11) is 2.12. The summed E-state index contributed by atoms with van der Waals surface area (Å²) in [4.78, 5) is 32.1. The van der Waals surface area contributed by atoms with Crippen LogP contribution in [0.4, 0.5) is 27.7 Å². The molecule has 10 nitrogen and oxygen atoms in total. The van der Waals surface area contributed by atoms with Crippen molar-refractivity contribution in [3.63, 3.8) is 0 Å².